The summed E-state index contributed by atoms with van der Waals surface area (Å²) in [6, 6.07) is 9.26. The molecule has 1 fully saturated rings. The maximum atomic E-state index is 6.25. The first kappa shape index (κ1) is 18.4. The van der Waals surface area contributed by atoms with Gasteiger partial charge < -0.3 is 15.0 Å². The number of pyridine rings is 1. The molecule has 2 aromatic rings. The number of nitrogens with zero attached hydrogens (tertiary/aromatic N) is 2. The highest BCUT2D eigenvalue weighted by molar-refractivity contribution is 7.80. The van der Waals surface area contributed by atoms with Crippen LogP contribution in [0.3, 0.4) is 0 Å². The van der Waals surface area contributed by atoms with E-state index in [1.165, 1.54) is 0 Å². The second-order valence-corrected chi connectivity index (χ2v) is 7.16. The van der Waals surface area contributed by atoms with Crippen LogP contribution in [0, 0.1) is 0 Å². The van der Waals surface area contributed by atoms with E-state index in [0.717, 1.165) is 37.2 Å². The monoisotopic (exact) mass is 395 g/mol. The minimum atomic E-state index is 0.192. The number of benzene rings is 1. The Balaban J connectivity index is 1.73. The zero-order chi connectivity index (χ0) is 17.6. The van der Waals surface area contributed by atoms with Gasteiger partial charge in [0.15, 0.2) is 5.11 Å². The van der Waals surface area contributed by atoms with Gasteiger partial charge in [0.1, 0.15) is 0 Å². The largest absolute Gasteiger partial charge is 0.376 e. The van der Waals surface area contributed by atoms with E-state index in [9.17, 15) is 0 Å². The lowest BCUT2D eigenvalue weighted by atomic mass is 10.2. The van der Waals surface area contributed by atoms with Crippen LogP contribution in [0.5, 0.6) is 0 Å². The molecule has 1 aromatic carbocycles. The van der Waals surface area contributed by atoms with Gasteiger partial charge in [-0.05, 0) is 54.9 Å². The second-order valence-electron chi connectivity index (χ2n) is 5.93. The number of halogens is 2. The maximum absolute atomic E-state index is 6.25. The molecule has 0 aliphatic carbocycles. The normalized spacial score (nSPS) is 16.6. The van der Waals surface area contributed by atoms with Crippen molar-refractivity contribution in [2.24, 2.45) is 0 Å². The molecule has 2 heterocycles. The number of aromatic nitrogens is 1. The molecule has 25 heavy (non-hydrogen) atoms. The van der Waals surface area contributed by atoms with Crippen molar-refractivity contribution < 1.29 is 4.74 Å². The van der Waals surface area contributed by atoms with Crippen molar-refractivity contribution in [1.29, 1.82) is 0 Å². The number of rotatable bonds is 5. The molecule has 1 aliphatic heterocycles. The predicted octanol–water partition coefficient (Wildman–Crippen LogP) is 4.77. The van der Waals surface area contributed by atoms with Gasteiger partial charge in [-0.15, -0.1) is 0 Å². The number of hydrogen-bond donors (Lipinski definition) is 1. The lowest BCUT2D eigenvalue weighted by Gasteiger charge is -2.28. The summed E-state index contributed by atoms with van der Waals surface area (Å²) in [6.07, 6.45) is 5.94. The zero-order valence-corrected chi connectivity index (χ0v) is 15.9. The Labute approximate surface area is 163 Å². The number of anilines is 1. The summed E-state index contributed by atoms with van der Waals surface area (Å²) in [4.78, 5) is 6.27. The van der Waals surface area contributed by atoms with E-state index in [4.69, 9.17) is 40.2 Å². The van der Waals surface area contributed by atoms with Gasteiger partial charge >= 0.3 is 0 Å². The van der Waals surface area contributed by atoms with E-state index in [2.05, 4.69) is 15.2 Å². The fraction of sp³-hybridized carbons (Fsp3) is 0.333. The van der Waals surface area contributed by atoms with Crippen molar-refractivity contribution in [2.75, 3.05) is 18.5 Å². The van der Waals surface area contributed by atoms with Gasteiger partial charge in [-0.1, -0.05) is 29.3 Å². The van der Waals surface area contributed by atoms with Crippen LogP contribution < -0.4 is 5.32 Å². The third kappa shape index (κ3) is 5.28. The number of ether oxygens (including phenoxy) is 1. The summed E-state index contributed by atoms with van der Waals surface area (Å²) in [6.45, 7) is 2.20. The van der Waals surface area contributed by atoms with E-state index >= 15 is 0 Å². The molecule has 1 N–H and O–H groups in total. The summed E-state index contributed by atoms with van der Waals surface area (Å²) in [5.74, 6) is 0. The highest BCUT2D eigenvalue weighted by Gasteiger charge is 2.21. The smallest absolute Gasteiger partial charge is 0.173 e. The fourth-order valence-electron chi connectivity index (χ4n) is 2.75. The van der Waals surface area contributed by atoms with Gasteiger partial charge in [0.05, 0.1) is 16.8 Å². The predicted molar refractivity (Wildman–Crippen MR) is 106 cm³/mol. The second kappa shape index (κ2) is 8.81. The molecule has 1 saturated heterocycles. The van der Waals surface area contributed by atoms with Crippen LogP contribution in [-0.4, -0.2) is 34.3 Å². The third-order valence-corrected chi connectivity index (χ3v) is 4.91. The molecule has 7 heteroatoms. The number of nitrogens with one attached hydrogen (secondary N) is 1. The van der Waals surface area contributed by atoms with Crippen LogP contribution >= 0.6 is 35.4 Å². The first-order valence-electron chi connectivity index (χ1n) is 8.13. The van der Waals surface area contributed by atoms with Crippen LogP contribution in [0.4, 0.5) is 5.69 Å². The Bertz CT molecular complexity index is 724. The molecule has 1 aliphatic rings. The summed E-state index contributed by atoms with van der Waals surface area (Å²) < 4.78 is 5.77. The topological polar surface area (TPSA) is 37.4 Å². The van der Waals surface area contributed by atoms with E-state index in [0.29, 0.717) is 21.7 Å². The van der Waals surface area contributed by atoms with Crippen molar-refractivity contribution in [3.63, 3.8) is 0 Å². The minimum absolute atomic E-state index is 0.192. The Morgan fingerprint density at radius 3 is 2.92 bits per heavy atom. The molecule has 0 spiro atoms. The standard InChI is InChI=1S/C18H19Cl2N3OS/c19-14-5-6-17(16(20)9-14)22-18(25)23(12-15-4-2-8-24-15)11-13-3-1-7-21-10-13/h1,3,5-7,9-10,15H,2,4,8,11-12H2,(H,22,25). The lowest BCUT2D eigenvalue weighted by Crippen LogP contribution is -2.39. The molecule has 132 valence electrons. The van der Waals surface area contributed by atoms with Gasteiger partial charge in [-0.2, -0.15) is 0 Å². The van der Waals surface area contributed by atoms with Crippen LogP contribution in [0.1, 0.15) is 18.4 Å². The summed E-state index contributed by atoms with van der Waals surface area (Å²) >= 11 is 17.8. The average Bonchev–Trinajstić information content (AvgIpc) is 3.11. The molecule has 0 bridgehead atoms. The molecular weight excluding hydrogens is 377 g/mol. The van der Waals surface area contributed by atoms with Crippen molar-refractivity contribution in [3.05, 3.63) is 58.3 Å². The Morgan fingerprint density at radius 1 is 1.36 bits per heavy atom. The molecule has 0 radical (unpaired) electrons. The highest BCUT2D eigenvalue weighted by atomic mass is 35.5. The van der Waals surface area contributed by atoms with E-state index < -0.39 is 0 Å². The SMILES string of the molecule is S=C(Nc1ccc(Cl)cc1Cl)N(Cc1cccnc1)CC1CCCO1. The molecule has 1 unspecified atom stereocenters. The quantitative estimate of drug-likeness (QED) is 0.738. The van der Waals surface area contributed by atoms with Gasteiger partial charge in [0.2, 0.25) is 0 Å². The van der Waals surface area contributed by atoms with Crippen LogP contribution in [0.15, 0.2) is 42.7 Å². The summed E-state index contributed by atoms with van der Waals surface area (Å²) in [5.41, 5.74) is 1.83. The molecule has 0 saturated carbocycles. The van der Waals surface area contributed by atoms with Crippen molar-refractivity contribution in [3.8, 4) is 0 Å². The average molecular weight is 396 g/mol. The minimum Gasteiger partial charge on any atom is -0.376 e. The van der Waals surface area contributed by atoms with Gasteiger partial charge in [-0.25, -0.2) is 0 Å². The highest BCUT2D eigenvalue weighted by Crippen LogP contribution is 2.26. The van der Waals surface area contributed by atoms with Gasteiger partial charge in [-0.3, -0.25) is 4.98 Å². The van der Waals surface area contributed by atoms with Crippen LogP contribution in [0.2, 0.25) is 10.0 Å². The van der Waals surface area contributed by atoms with Crippen LogP contribution in [0.25, 0.3) is 0 Å². The lowest BCUT2D eigenvalue weighted by molar-refractivity contribution is 0.0905. The summed E-state index contributed by atoms with van der Waals surface area (Å²) in [5, 5.41) is 4.95. The Hall–Kier alpha value is -1.40. The number of thiocarbonyl (C=S) groups is 1. The maximum Gasteiger partial charge on any atom is 0.173 e. The Kier molecular flexibility index (Phi) is 6.48. The van der Waals surface area contributed by atoms with Gasteiger partial charge in [0.25, 0.3) is 0 Å². The Morgan fingerprint density at radius 2 is 2.24 bits per heavy atom. The molecule has 0 amide bonds. The summed E-state index contributed by atoms with van der Waals surface area (Å²) in [7, 11) is 0. The number of hydrogen-bond acceptors (Lipinski definition) is 3. The van der Waals surface area contributed by atoms with E-state index in [1.54, 1.807) is 18.3 Å². The molecule has 4 nitrogen and oxygen atoms in total. The van der Waals surface area contributed by atoms with Gasteiger partial charge in [0, 0.05) is 37.1 Å². The fourth-order valence-corrected chi connectivity index (χ4v) is 3.46. The third-order valence-electron chi connectivity index (χ3n) is 4.00. The molecule has 1 aromatic heterocycles. The van der Waals surface area contributed by atoms with Crippen molar-refractivity contribution in [1.82, 2.24) is 9.88 Å². The van der Waals surface area contributed by atoms with Crippen LogP contribution in [-0.2, 0) is 11.3 Å². The zero-order valence-electron chi connectivity index (χ0n) is 13.6. The first-order valence-corrected chi connectivity index (χ1v) is 9.30. The first-order chi connectivity index (χ1) is 12.1. The van der Waals surface area contributed by atoms with E-state index in [-0.39, 0.29) is 6.10 Å². The van der Waals surface area contributed by atoms with Crippen molar-refractivity contribution in [2.45, 2.75) is 25.5 Å². The molecule has 3 rings (SSSR count). The van der Waals surface area contributed by atoms with E-state index in [1.807, 2.05) is 24.4 Å². The molecular formula is C18H19Cl2N3OS. The molecule has 1 atom stereocenters. The van der Waals surface area contributed by atoms with Crippen molar-refractivity contribution >= 4 is 46.2 Å².